The van der Waals surface area contributed by atoms with Crippen LogP contribution in [0.5, 0.6) is 0 Å². The zero-order valence-corrected chi connectivity index (χ0v) is 26.3. The van der Waals surface area contributed by atoms with Crippen molar-refractivity contribution in [1.82, 2.24) is 0 Å². The Morgan fingerprint density at radius 1 is 0.488 bits per heavy atom. The van der Waals surface area contributed by atoms with E-state index in [9.17, 15) is 0 Å². The predicted octanol–water partition coefficient (Wildman–Crippen LogP) is 7.70. The Morgan fingerprint density at radius 2 is 0.854 bits per heavy atom. The molecule has 0 radical (unpaired) electrons. The summed E-state index contributed by atoms with van der Waals surface area (Å²) in [5.74, 6) is 0. The fraction of sp³-hybridized carbons (Fsp3) is 0.333. The minimum Gasteiger partial charge on any atom is -1.00 e. The van der Waals surface area contributed by atoms with E-state index >= 15 is 0 Å². The first-order valence-electron chi connectivity index (χ1n) is 14.4. The van der Waals surface area contributed by atoms with Gasteiger partial charge in [-0.1, -0.05) is 85.5 Å². The van der Waals surface area contributed by atoms with Crippen molar-refractivity contribution in [3.63, 3.8) is 0 Å². The fourth-order valence-electron chi connectivity index (χ4n) is 7.82. The molecule has 0 aliphatic carbocycles. The molecule has 0 bridgehead atoms. The molecule has 0 unspecified atom stereocenters. The Morgan fingerprint density at radius 3 is 1.17 bits per heavy atom. The molecular formula is C39H54ClN. The second-order valence-electron chi connectivity index (χ2n) is 10.9. The summed E-state index contributed by atoms with van der Waals surface area (Å²) in [6.07, 6.45) is 27.3. The van der Waals surface area contributed by atoms with E-state index < -0.39 is 5.54 Å². The van der Waals surface area contributed by atoms with Gasteiger partial charge < -0.3 is 16.9 Å². The third-order valence-electron chi connectivity index (χ3n) is 8.75. The SMILES string of the molecule is C=CCc1ccccc1C(CC=C)(CC=C)[N+](CC=C)(C(CC=C)(CC=C)CC=C)C(CC=C)(CC=C)CC=C.[Cl-]. The average molecular weight is 572 g/mol. The van der Waals surface area contributed by atoms with Crippen LogP contribution in [-0.4, -0.2) is 22.1 Å². The van der Waals surface area contributed by atoms with Crippen LogP contribution in [0.15, 0.2) is 151 Å². The Labute approximate surface area is 259 Å². The molecular weight excluding hydrogens is 518 g/mol. The van der Waals surface area contributed by atoms with Crippen LogP contribution in [-0.2, 0) is 12.0 Å². The van der Waals surface area contributed by atoms with E-state index in [0.29, 0.717) is 11.0 Å². The van der Waals surface area contributed by atoms with Crippen LogP contribution in [0.2, 0.25) is 0 Å². The van der Waals surface area contributed by atoms with Gasteiger partial charge in [-0.25, -0.2) is 0 Å². The van der Waals surface area contributed by atoms with Gasteiger partial charge >= 0.3 is 0 Å². The van der Waals surface area contributed by atoms with E-state index in [2.05, 4.69) is 145 Å². The van der Waals surface area contributed by atoms with Gasteiger partial charge in [0.1, 0.15) is 16.6 Å². The quantitative estimate of drug-likeness (QED) is 0.0880. The largest absolute Gasteiger partial charge is 1.00 e. The molecule has 0 amide bonds. The molecule has 0 spiro atoms. The third-order valence-corrected chi connectivity index (χ3v) is 8.75. The lowest BCUT2D eigenvalue weighted by atomic mass is 9.63. The summed E-state index contributed by atoms with van der Waals surface area (Å²) in [5, 5.41) is 0. The molecule has 1 rings (SSSR count). The van der Waals surface area contributed by atoms with Gasteiger partial charge in [-0.2, -0.15) is 0 Å². The summed E-state index contributed by atoms with van der Waals surface area (Å²) in [6.45, 7) is 43.5. The molecule has 0 heterocycles. The van der Waals surface area contributed by atoms with Crippen molar-refractivity contribution >= 4 is 0 Å². The van der Waals surface area contributed by atoms with E-state index in [1.54, 1.807) is 0 Å². The van der Waals surface area contributed by atoms with Crippen molar-refractivity contribution < 1.29 is 16.9 Å². The number of rotatable bonds is 24. The van der Waals surface area contributed by atoms with E-state index in [4.69, 9.17) is 0 Å². The molecule has 1 nitrogen and oxygen atoms in total. The number of quaternary nitrogens is 1. The average Bonchev–Trinajstić information content (AvgIpc) is 2.93. The lowest BCUT2D eigenvalue weighted by Crippen LogP contribution is -3.00. The zero-order valence-electron chi connectivity index (χ0n) is 25.6. The minimum absolute atomic E-state index is 0. The maximum Gasteiger partial charge on any atom is 0.133 e. The van der Waals surface area contributed by atoms with E-state index in [1.165, 1.54) is 11.1 Å². The number of halogens is 1. The summed E-state index contributed by atoms with van der Waals surface area (Å²) in [5.41, 5.74) is 1.30. The Kier molecular flexibility index (Phi) is 16.9. The number of allylic oxidation sites excluding steroid dienone is 1. The lowest BCUT2D eigenvalue weighted by Gasteiger charge is -2.70. The van der Waals surface area contributed by atoms with E-state index in [-0.39, 0.29) is 23.5 Å². The first-order valence-corrected chi connectivity index (χ1v) is 14.4. The number of nitrogens with zero attached hydrogens (tertiary/aromatic N) is 1. The summed E-state index contributed by atoms with van der Waals surface area (Å²) < 4.78 is 0.650. The van der Waals surface area contributed by atoms with Crippen molar-refractivity contribution in [3.05, 3.63) is 162 Å². The van der Waals surface area contributed by atoms with Crippen molar-refractivity contribution in [2.24, 2.45) is 0 Å². The predicted molar refractivity (Wildman–Crippen MR) is 181 cm³/mol. The van der Waals surface area contributed by atoms with Gasteiger partial charge in [0.25, 0.3) is 0 Å². The molecule has 0 aromatic heterocycles. The van der Waals surface area contributed by atoms with Crippen LogP contribution in [0.1, 0.15) is 62.5 Å². The van der Waals surface area contributed by atoms with Gasteiger partial charge in [-0.05, 0) is 18.1 Å². The molecule has 0 N–H and O–H groups in total. The molecule has 222 valence electrons. The summed E-state index contributed by atoms with van der Waals surface area (Å²) in [7, 11) is 0. The molecule has 0 saturated carbocycles. The highest BCUT2D eigenvalue weighted by atomic mass is 35.5. The molecule has 0 saturated heterocycles. The monoisotopic (exact) mass is 571 g/mol. The maximum absolute atomic E-state index is 4.38. The van der Waals surface area contributed by atoms with Gasteiger partial charge in [0.15, 0.2) is 0 Å². The molecule has 1 aromatic carbocycles. The minimum atomic E-state index is -0.485. The summed E-state index contributed by atoms with van der Waals surface area (Å²) in [4.78, 5) is 0. The number of benzene rings is 1. The second-order valence-corrected chi connectivity index (χ2v) is 10.9. The van der Waals surface area contributed by atoms with Crippen LogP contribution < -0.4 is 12.4 Å². The first-order chi connectivity index (χ1) is 19.3. The van der Waals surface area contributed by atoms with Crippen molar-refractivity contribution in [1.29, 1.82) is 0 Å². The van der Waals surface area contributed by atoms with E-state index in [0.717, 1.165) is 57.8 Å². The molecule has 2 heteroatoms. The Hall–Kier alpha value is -3.13. The highest BCUT2D eigenvalue weighted by Crippen LogP contribution is 2.60. The van der Waals surface area contributed by atoms with Gasteiger partial charge in [0.2, 0.25) is 0 Å². The normalized spacial score (nSPS) is 11.7. The van der Waals surface area contributed by atoms with Gasteiger partial charge in [0.05, 0.1) is 6.54 Å². The summed E-state index contributed by atoms with van der Waals surface area (Å²) >= 11 is 0. The Bertz CT molecular complexity index is 970. The second kappa shape index (κ2) is 18.3. The topological polar surface area (TPSA) is 0 Å². The number of hydrogen-bond donors (Lipinski definition) is 0. The standard InChI is InChI=1S/C39H54N.ClH/c1-11-23-35-24-21-22-25-36(35)39(32-18-8,33-19-9)40(34-20-10,37(26-12-2,27-13-3)28-14-4)38(29-15-5,30-16-6)31-17-7;/h11-22,24-25H,1-10,23,26-34H2;1H/q+1;/p-1. The molecule has 0 fully saturated rings. The van der Waals surface area contributed by atoms with Crippen molar-refractivity contribution in [2.45, 2.75) is 74.4 Å². The maximum atomic E-state index is 4.38. The number of hydrogen-bond acceptors (Lipinski definition) is 0. The van der Waals surface area contributed by atoms with Crippen LogP contribution >= 0.6 is 0 Å². The van der Waals surface area contributed by atoms with Crippen molar-refractivity contribution in [3.8, 4) is 0 Å². The molecule has 0 aliphatic rings. The summed E-state index contributed by atoms with van der Waals surface area (Å²) in [6, 6.07) is 8.79. The van der Waals surface area contributed by atoms with Crippen LogP contribution in [0.4, 0.5) is 0 Å². The van der Waals surface area contributed by atoms with Gasteiger partial charge in [-0.15, -0.1) is 59.2 Å². The van der Waals surface area contributed by atoms with Crippen LogP contribution in [0.3, 0.4) is 0 Å². The lowest BCUT2D eigenvalue weighted by molar-refractivity contribution is -1.06. The third kappa shape index (κ3) is 7.03. The van der Waals surface area contributed by atoms with Gasteiger partial charge in [0, 0.05) is 56.9 Å². The Balaban J connectivity index is 0.0000160. The smallest absolute Gasteiger partial charge is 0.133 e. The van der Waals surface area contributed by atoms with Crippen LogP contribution in [0, 0.1) is 0 Å². The molecule has 0 atom stereocenters. The van der Waals surface area contributed by atoms with Gasteiger partial charge in [-0.3, -0.25) is 0 Å². The van der Waals surface area contributed by atoms with E-state index in [1.807, 2.05) is 6.08 Å². The molecule has 41 heavy (non-hydrogen) atoms. The van der Waals surface area contributed by atoms with Crippen molar-refractivity contribution in [2.75, 3.05) is 6.54 Å². The van der Waals surface area contributed by atoms with Crippen LogP contribution in [0.25, 0.3) is 0 Å². The molecule has 0 aliphatic heterocycles. The zero-order chi connectivity index (χ0) is 30.1. The first kappa shape index (κ1) is 37.9. The molecule has 1 aromatic rings. The fourth-order valence-corrected chi connectivity index (χ4v) is 7.82. The highest BCUT2D eigenvalue weighted by molar-refractivity contribution is 5.36. The highest BCUT2D eigenvalue weighted by Gasteiger charge is 2.68.